The van der Waals surface area contributed by atoms with E-state index in [0.29, 0.717) is 5.56 Å². The van der Waals surface area contributed by atoms with Gasteiger partial charge in [0.15, 0.2) is 0 Å². The third-order valence-corrected chi connectivity index (χ3v) is 4.53. The number of nitrogens with zero attached hydrogens (tertiary/aromatic N) is 2. The Balaban J connectivity index is 1.79. The van der Waals surface area contributed by atoms with Gasteiger partial charge in [-0.15, -0.1) is 0 Å². The summed E-state index contributed by atoms with van der Waals surface area (Å²) in [7, 11) is 0. The second kappa shape index (κ2) is 6.81. The van der Waals surface area contributed by atoms with Gasteiger partial charge in [0.1, 0.15) is 17.5 Å². The van der Waals surface area contributed by atoms with Crippen LogP contribution in [0, 0.1) is 17.1 Å². The largest absolute Gasteiger partial charge is 0.339 e. The van der Waals surface area contributed by atoms with Gasteiger partial charge in [0.05, 0.1) is 11.3 Å². The standard InChI is InChI=1S/C22H16FN3/c23-18-9-6-15(7-10-18)8-11-19-20-12-16(13-24)14-25-22(20)26-21(19)17-4-2-1-3-5-17/h1-7,9-10,12,14H,8,11H2,(H,25,26). The van der Waals surface area contributed by atoms with Crippen LogP contribution in [0.4, 0.5) is 4.39 Å². The molecule has 0 aliphatic rings. The molecule has 2 aromatic carbocycles. The van der Waals surface area contributed by atoms with Crippen LogP contribution in [0.15, 0.2) is 66.9 Å². The Morgan fingerprint density at radius 1 is 1.00 bits per heavy atom. The van der Waals surface area contributed by atoms with Crippen LogP contribution < -0.4 is 0 Å². The maximum Gasteiger partial charge on any atom is 0.138 e. The molecule has 0 saturated heterocycles. The van der Waals surface area contributed by atoms with Crippen molar-refractivity contribution in [3.63, 3.8) is 0 Å². The second-order valence-corrected chi connectivity index (χ2v) is 6.20. The van der Waals surface area contributed by atoms with E-state index in [2.05, 4.69) is 28.2 Å². The average Bonchev–Trinajstić information content (AvgIpc) is 3.06. The molecule has 0 saturated carbocycles. The van der Waals surface area contributed by atoms with E-state index in [4.69, 9.17) is 0 Å². The Hall–Kier alpha value is -3.45. The van der Waals surface area contributed by atoms with Crippen LogP contribution in [0.1, 0.15) is 16.7 Å². The molecule has 0 aliphatic carbocycles. The lowest BCUT2D eigenvalue weighted by molar-refractivity contribution is 0.627. The number of pyridine rings is 1. The Kier molecular flexibility index (Phi) is 4.20. The van der Waals surface area contributed by atoms with Gasteiger partial charge in [0.25, 0.3) is 0 Å². The lowest BCUT2D eigenvalue weighted by atomic mass is 9.98. The van der Waals surface area contributed by atoms with Gasteiger partial charge in [0.2, 0.25) is 0 Å². The molecule has 4 rings (SSSR count). The molecule has 4 aromatic rings. The Labute approximate surface area is 150 Å². The van der Waals surface area contributed by atoms with Crippen molar-refractivity contribution < 1.29 is 4.39 Å². The summed E-state index contributed by atoms with van der Waals surface area (Å²) in [6.07, 6.45) is 3.13. The summed E-state index contributed by atoms with van der Waals surface area (Å²) in [5.74, 6) is -0.228. The number of nitrogens with one attached hydrogen (secondary N) is 1. The number of hydrogen-bond donors (Lipinski definition) is 1. The van der Waals surface area contributed by atoms with E-state index in [1.54, 1.807) is 6.20 Å². The first-order valence-electron chi connectivity index (χ1n) is 8.45. The molecule has 0 atom stereocenters. The van der Waals surface area contributed by atoms with E-state index in [0.717, 1.165) is 46.3 Å². The van der Waals surface area contributed by atoms with Crippen LogP contribution in [-0.4, -0.2) is 9.97 Å². The molecule has 26 heavy (non-hydrogen) atoms. The van der Waals surface area contributed by atoms with E-state index in [1.165, 1.54) is 12.1 Å². The third kappa shape index (κ3) is 3.07. The van der Waals surface area contributed by atoms with Crippen molar-refractivity contribution in [2.45, 2.75) is 12.8 Å². The van der Waals surface area contributed by atoms with Gasteiger partial charge < -0.3 is 4.98 Å². The molecule has 0 aliphatic heterocycles. The normalized spacial score (nSPS) is 10.8. The van der Waals surface area contributed by atoms with Crippen molar-refractivity contribution in [1.82, 2.24) is 9.97 Å². The highest BCUT2D eigenvalue weighted by atomic mass is 19.1. The summed E-state index contributed by atoms with van der Waals surface area (Å²) >= 11 is 0. The number of benzene rings is 2. The third-order valence-electron chi connectivity index (χ3n) is 4.53. The lowest BCUT2D eigenvalue weighted by Crippen LogP contribution is -1.94. The number of aromatic amines is 1. The van der Waals surface area contributed by atoms with E-state index in [9.17, 15) is 9.65 Å². The average molecular weight is 341 g/mol. The van der Waals surface area contributed by atoms with Gasteiger partial charge in [-0.25, -0.2) is 9.37 Å². The lowest BCUT2D eigenvalue weighted by Gasteiger charge is -2.06. The minimum absolute atomic E-state index is 0.228. The van der Waals surface area contributed by atoms with Crippen LogP contribution in [0.5, 0.6) is 0 Å². The summed E-state index contributed by atoms with van der Waals surface area (Å²) in [6, 6.07) is 20.7. The fourth-order valence-electron chi connectivity index (χ4n) is 3.22. The summed E-state index contributed by atoms with van der Waals surface area (Å²) < 4.78 is 13.1. The van der Waals surface area contributed by atoms with Crippen molar-refractivity contribution in [3.05, 3.63) is 89.4 Å². The minimum Gasteiger partial charge on any atom is -0.339 e. The number of hydrogen-bond acceptors (Lipinski definition) is 2. The molecule has 0 bridgehead atoms. The molecule has 0 fully saturated rings. The van der Waals surface area contributed by atoms with Crippen molar-refractivity contribution in [1.29, 1.82) is 5.26 Å². The molecule has 126 valence electrons. The second-order valence-electron chi connectivity index (χ2n) is 6.20. The number of H-pyrrole nitrogens is 1. The Morgan fingerprint density at radius 2 is 1.77 bits per heavy atom. The molecule has 0 spiro atoms. The van der Waals surface area contributed by atoms with Crippen LogP contribution in [0.2, 0.25) is 0 Å². The number of fused-ring (bicyclic) bond motifs is 1. The predicted molar refractivity (Wildman–Crippen MR) is 100 cm³/mol. The van der Waals surface area contributed by atoms with Gasteiger partial charge in [-0.3, -0.25) is 0 Å². The van der Waals surface area contributed by atoms with Crippen LogP contribution in [0.3, 0.4) is 0 Å². The molecule has 0 radical (unpaired) electrons. The Bertz CT molecular complexity index is 1090. The number of aromatic nitrogens is 2. The van der Waals surface area contributed by atoms with Crippen LogP contribution in [-0.2, 0) is 12.8 Å². The fourth-order valence-corrected chi connectivity index (χ4v) is 3.22. The van der Waals surface area contributed by atoms with Gasteiger partial charge in [-0.05, 0) is 47.7 Å². The van der Waals surface area contributed by atoms with Crippen molar-refractivity contribution in [2.24, 2.45) is 0 Å². The number of halogens is 1. The summed E-state index contributed by atoms with van der Waals surface area (Å²) in [6.45, 7) is 0. The molecule has 3 nitrogen and oxygen atoms in total. The van der Waals surface area contributed by atoms with Crippen molar-refractivity contribution in [3.8, 4) is 17.3 Å². The van der Waals surface area contributed by atoms with E-state index >= 15 is 0 Å². The van der Waals surface area contributed by atoms with Gasteiger partial charge >= 0.3 is 0 Å². The smallest absolute Gasteiger partial charge is 0.138 e. The first-order chi connectivity index (χ1) is 12.7. The topological polar surface area (TPSA) is 52.5 Å². The van der Waals surface area contributed by atoms with Gasteiger partial charge in [0, 0.05) is 11.6 Å². The van der Waals surface area contributed by atoms with Gasteiger partial charge in [-0.2, -0.15) is 5.26 Å². The van der Waals surface area contributed by atoms with Crippen molar-refractivity contribution in [2.75, 3.05) is 0 Å². The molecule has 2 aromatic heterocycles. The highest BCUT2D eigenvalue weighted by Crippen LogP contribution is 2.31. The number of rotatable bonds is 4. The van der Waals surface area contributed by atoms with E-state index in [1.807, 2.05) is 36.4 Å². The monoisotopic (exact) mass is 341 g/mol. The molecular formula is C22H16FN3. The van der Waals surface area contributed by atoms with Gasteiger partial charge in [-0.1, -0.05) is 42.5 Å². The van der Waals surface area contributed by atoms with Crippen molar-refractivity contribution >= 4 is 11.0 Å². The molecule has 0 unspecified atom stereocenters. The SMILES string of the molecule is N#Cc1cnc2[nH]c(-c3ccccc3)c(CCc3ccc(F)cc3)c2c1. The number of aryl methyl sites for hydroxylation is 2. The highest BCUT2D eigenvalue weighted by molar-refractivity contribution is 5.89. The molecule has 2 heterocycles. The maximum atomic E-state index is 13.1. The van der Waals surface area contributed by atoms with Crippen LogP contribution >= 0.6 is 0 Å². The first kappa shape index (κ1) is 16.0. The Morgan fingerprint density at radius 3 is 2.50 bits per heavy atom. The molecule has 0 amide bonds. The fraction of sp³-hybridized carbons (Fsp3) is 0.0909. The quantitative estimate of drug-likeness (QED) is 0.566. The molecule has 4 heteroatoms. The first-order valence-corrected chi connectivity index (χ1v) is 8.45. The zero-order valence-corrected chi connectivity index (χ0v) is 14.0. The summed E-state index contributed by atoms with van der Waals surface area (Å²) in [4.78, 5) is 7.79. The zero-order chi connectivity index (χ0) is 17.9. The maximum absolute atomic E-state index is 13.1. The number of nitriles is 1. The van der Waals surface area contributed by atoms with Crippen LogP contribution in [0.25, 0.3) is 22.3 Å². The highest BCUT2D eigenvalue weighted by Gasteiger charge is 2.14. The molecule has 1 N–H and O–H groups in total. The van der Waals surface area contributed by atoms with E-state index < -0.39 is 0 Å². The summed E-state index contributed by atoms with van der Waals surface area (Å²) in [5, 5.41) is 10.2. The zero-order valence-electron chi connectivity index (χ0n) is 14.0. The molecular weight excluding hydrogens is 325 g/mol. The van der Waals surface area contributed by atoms with E-state index in [-0.39, 0.29) is 5.82 Å². The summed E-state index contributed by atoms with van der Waals surface area (Å²) in [5.41, 5.74) is 5.61. The predicted octanol–water partition coefficient (Wildman–Crippen LogP) is 5.03. The minimum atomic E-state index is -0.228.